The molecule has 5 nitrogen and oxygen atoms in total. The first-order valence-corrected chi connectivity index (χ1v) is 9.63. The molecule has 1 N–H and O–H groups in total. The van der Waals surface area contributed by atoms with E-state index < -0.39 is 10.0 Å². The summed E-state index contributed by atoms with van der Waals surface area (Å²) in [5.41, 5.74) is 0. The molecule has 1 saturated heterocycles. The molecule has 1 aliphatic heterocycles. The van der Waals surface area contributed by atoms with Gasteiger partial charge in [-0.15, -0.1) is 11.3 Å². The summed E-state index contributed by atoms with van der Waals surface area (Å²) in [6.45, 7) is 1.47. The molecule has 0 bridgehead atoms. The van der Waals surface area contributed by atoms with Gasteiger partial charge in [-0.3, -0.25) is 0 Å². The lowest BCUT2D eigenvalue weighted by Crippen LogP contribution is -2.37. The third-order valence-electron chi connectivity index (χ3n) is 3.33. The molecular formula is C13H14BrN3O2S2. The number of aromatic nitrogens is 1. The Bertz CT molecular complexity index is 719. The highest BCUT2D eigenvalue weighted by Gasteiger charge is 2.29. The fourth-order valence-corrected chi connectivity index (χ4v) is 5.29. The third-order valence-corrected chi connectivity index (χ3v) is 6.69. The van der Waals surface area contributed by atoms with E-state index in [0.29, 0.717) is 11.0 Å². The van der Waals surface area contributed by atoms with Gasteiger partial charge in [0.05, 0.1) is 4.90 Å². The fraction of sp³-hybridized carbons (Fsp3) is 0.308. The second-order valence-electron chi connectivity index (χ2n) is 4.80. The van der Waals surface area contributed by atoms with Gasteiger partial charge < -0.3 is 4.90 Å². The molecule has 1 fully saturated rings. The Morgan fingerprint density at radius 2 is 2.19 bits per heavy atom. The van der Waals surface area contributed by atoms with Crippen molar-refractivity contribution >= 4 is 42.4 Å². The van der Waals surface area contributed by atoms with Crippen LogP contribution < -0.4 is 9.62 Å². The maximum atomic E-state index is 12.4. The van der Waals surface area contributed by atoms with Gasteiger partial charge in [-0.2, -0.15) is 0 Å². The van der Waals surface area contributed by atoms with Crippen molar-refractivity contribution in [1.82, 2.24) is 9.71 Å². The molecule has 1 aromatic heterocycles. The van der Waals surface area contributed by atoms with E-state index in [-0.39, 0.29) is 10.9 Å². The highest BCUT2D eigenvalue weighted by molar-refractivity contribution is 9.10. The number of benzene rings is 1. The molecule has 112 valence electrons. The van der Waals surface area contributed by atoms with Crippen molar-refractivity contribution in [2.75, 3.05) is 18.0 Å². The first-order valence-electron chi connectivity index (χ1n) is 6.47. The number of sulfonamides is 1. The molecule has 2 heterocycles. The summed E-state index contributed by atoms with van der Waals surface area (Å²) in [6, 6.07) is 6.75. The van der Waals surface area contributed by atoms with Crippen LogP contribution in [-0.4, -0.2) is 32.5 Å². The van der Waals surface area contributed by atoms with Crippen molar-refractivity contribution in [2.24, 2.45) is 0 Å². The van der Waals surface area contributed by atoms with Crippen LogP contribution in [0.2, 0.25) is 0 Å². The van der Waals surface area contributed by atoms with E-state index in [0.717, 1.165) is 18.1 Å². The molecule has 0 aliphatic carbocycles. The minimum Gasteiger partial charge on any atom is -0.346 e. The van der Waals surface area contributed by atoms with Gasteiger partial charge in [-0.25, -0.2) is 18.1 Å². The Morgan fingerprint density at radius 1 is 1.38 bits per heavy atom. The average Bonchev–Trinajstić information content (AvgIpc) is 3.09. The molecule has 1 unspecified atom stereocenters. The third kappa shape index (κ3) is 3.28. The van der Waals surface area contributed by atoms with Crippen LogP contribution in [0.5, 0.6) is 0 Å². The Hall–Kier alpha value is -0.960. The second kappa shape index (κ2) is 6.04. The van der Waals surface area contributed by atoms with Crippen LogP contribution in [-0.2, 0) is 10.0 Å². The number of hydrogen-bond acceptors (Lipinski definition) is 5. The van der Waals surface area contributed by atoms with Crippen LogP contribution in [0.4, 0.5) is 5.13 Å². The minimum atomic E-state index is -3.51. The zero-order valence-corrected chi connectivity index (χ0v) is 14.3. The number of rotatable bonds is 4. The summed E-state index contributed by atoms with van der Waals surface area (Å²) >= 11 is 4.86. The first-order chi connectivity index (χ1) is 10.1. The van der Waals surface area contributed by atoms with E-state index in [2.05, 4.69) is 30.5 Å². The molecular weight excluding hydrogens is 374 g/mol. The quantitative estimate of drug-likeness (QED) is 0.874. The monoisotopic (exact) mass is 387 g/mol. The number of nitrogens with zero attached hydrogens (tertiary/aromatic N) is 2. The van der Waals surface area contributed by atoms with Gasteiger partial charge in [-0.1, -0.05) is 12.1 Å². The summed E-state index contributed by atoms with van der Waals surface area (Å²) in [5.74, 6) is 0. The van der Waals surface area contributed by atoms with Gasteiger partial charge in [0.15, 0.2) is 5.13 Å². The summed E-state index contributed by atoms with van der Waals surface area (Å²) in [4.78, 5) is 6.65. The van der Waals surface area contributed by atoms with Crippen LogP contribution >= 0.6 is 27.3 Å². The normalized spacial score (nSPS) is 19.1. The van der Waals surface area contributed by atoms with E-state index in [1.165, 1.54) is 0 Å². The highest BCUT2D eigenvalue weighted by atomic mass is 79.9. The van der Waals surface area contributed by atoms with E-state index in [9.17, 15) is 8.42 Å². The van der Waals surface area contributed by atoms with Gasteiger partial charge in [-0.05, 0) is 34.5 Å². The van der Waals surface area contributed by atoms with Crippen molar-refractivity contribution in [3.63, 3.8) is 0 Å². The topological polar surface area (TPSA) is 62.3 Å². The number of thiazole rings is 1. The SMILES string of the molecule is O=S(=O)(NC1CCN(c2nccs2)C1)c1ccccc1Br. The van der Waals surface area contributed by atoms with Crippen molar-refractivity contribution in [3.05, 3.63) is 40.3 Å². The van der Waals surface area contributed by atoms with Crippen molar-refractivity contribution < 1.29 is 8.42 Å². The second-order valence-corrected chi connectivity index (χ2v) is 8.21. The predicted octanol–water partition coefficient (Wildman–Crippen LogP) is 2.46. The van der Waals surface area contributed by atoms with E-state index in [4.69, 9.17) is 0 Å². The van der Waals surface area contributed by atoms with Crippen molar-refractivity contribution in [1.29, 1.82) is 0 Å². The molecule has 8 heteroatoms. The fourth-order valence-electron chi connectivity index (χ4n) is 2.35. The summed E-state index contributed by atoms with van der Waals surface area (Å²) in [5, 5.41) is 2.87. The van der Waals surface area contributed by atoms with Crippen LogP contribution in [0.1, 0.15) is 6.42 Å². The average molecular weight is 388 g/mol. The standard InChI is InChI=1S/C13H14BrN3O2S2/c14-11-3-1-2-4-12(11)21(18,19)16-10-5-7-17(9-10)13-15-6-8-20-13/h1-4,6,8,10,16H,5,7,9H2. The minimum absolute atomic E-state index is 0.0917. The van der Waals surface area contributed by atoms with E-state index in [1.807, 2.05) is 5.38 Å². The summed E-state index contributed by atoms with van der Waals surface area (Å²) in [6.07, 6.45) is 2.54. The number of nitrogens with one attached hydrogen (secondary N) is 1. The predicted molar refractivity (Wildman–Crippen MR) is 87.2 cm³/mol. The van der Waals surface area contributed by atoms with E-state index >= 15 is 0 Å². The Kier molecular flexibility index (Phi) is 4.30. The zero-order valence-electron chi connectivity index (χ0n) is 11.1. The molecule has 2 aromatic rings. The van der Waals surface area contributed by atoms with Gasteiger partial charge in [0.2, 0.25) is 10.0 Å². The molecule has 1 aliphatic rings. The van der Waals surface area contributed by atoms with Crippen LogP contribution in [0.3, 0.4) is 0 Å². The van der Waals surface area contributed by atoms with Gasteiger partial charge >= 0.3 is 0 Å². The van der Waals surface area contributed by atoms with Gasteiger partial charge in [0, 0.05) is 35.2 Å². The van der Waals surface area contributed by atoms with Gasteiger partial charge in [0.25, 0.3) is 0 Å². The van der Waals surface area contributed by atoms with Gasteiger partial charge in [0.1, 0.15) is 0 Å². The van der Waals surface area contributed by atoms with Crippen LogP contribution in [0, 0.1) is 0 Å². The largest absolute Gasteiger partial charge is 0.346 e. The number of halogens is 1. The zero-order chi connectivity index (χ0) is 14.9. The van der Waals surface area contributed by atoms with Crippen LogP contribution in [0.25, 0.3) is 0 Å². The molecule has 1 atom stereocenters. The smallest absolute Gasteiger partial charge is 0.242 e. The van der Waals surface area contributed by atoms with Crippen molar-refractivity contribution in [3.8, 4) is 0 Å². The molecule has 3 rings (SSSR count). The Balaban J connectivity index is 1.71. The molecule has 0 amide bonds. The summed E-state index contributed by atoms with van der Waals surface area (Å²) in [7, 11) is -3.51. The number of anilines is 1. The molecule has 0 saturated carbocycles. The molecule has 0 radical (unpaired) electrons. The first kappa shape index (κ1) is 15.0. The van der Waals surface area contributed by atoms with Crippen molar-refractivity contribution in [2.45, 2.75) is 17.4 Å². The summed E-state index contributed by atoms with van der Waals surface area (Å²) < 4.78 is 28.2. The van der Waals surface area contributed by atoms with Crippen LogP contribution in [0.15, 0.2) is 45.2 Å². The van der Waals surface area contributed by atoms with E-state index in [1.54, 1.807) is 41.8 Å². The molecule has 0 spiro atoms. The molecule has 21 heavy (non-hydrogen) atoms. The lowest BCUT2D eigenvalue weighted by atomic mass is 10.3. The lowest BCUT2D eigenvalue weighted by Gasteiger charge is -2.16. The Labute approximate surface area is 136 Å². The Morgan fingerprint density at radius 3 is 2.90 bits per heavy atom. The maximum absolute atomic E-state index is 12.4. The highest BCUT2D eigenvalue weighted by Crippen LogP contribution is 2.25. The number of hydrogen-bond donors (Lipinski definition) is 1. The molecule has 1 aromatic carbocycles. The maximum Gasteiger partial charge on any atom is 0.242 e. The lowest BCUT2D eigenvalue weighted by molar-refractivity contribution is 0.561.